The maximum atomic E-state index is 14.0. The minimum absolute atomic E-state index is 0.0194. The van der Waals surface area contributed by atoms with E-state index in [0.717, 1.165) is 18.2 Å². The van der Waals surface area contributed by atoms with Gasteiger partial charge in [-0.15, -0.1) is 0 Å². The molecule has 180 valence electrons. The molecule has 2 aromatic rings. The Balaban J connectivity index is 1.30. The molecule has 0 N–H and O–H groups in total. The van der Waals surface area contributed by atoms with Crippen molar-refractivity contribution in [2.75, 3.05) is 13.1 Å². The molecule has 2 aliphatic heterocycles. The predicted octanol–water partition coefficient (Wildman–Crippen LogP) is 3.95. The van der Waals surface area contributed by atoms with Gasteiger partial charge in [0.2, 0.25) is 10.0 Å². The fourth-order valence-corrected chi connectivity index (χ4v) is 6.88. The highest BCUT2D eigenvalue weighted by atomic mass is 32.2. The molecule has 34 heavy (non-hydrogen) atoms. The lowest BCUT2D eigenvalue weighted by atomic mass is 9.61. The van der Waals surface area contributed by atoms with Crippen LogP contribution in [0.1, 0.15) is 41.5 Å². The Kier molecular flexibility index (Phi) is 5.14. The zero-order chi connectivity index (χ0) is 24.5. The Bertz CT molecular complexity index is 1290. The second kappa shape index (κ2) is 7.61. The van der Waals surface area contributed by atoms with E-state index >= 15 is 0 Å². The van der Waals surface area contributed by atoms with Crippen molar-refractivity contribution in [3.05, 3.63) is 65.2 Å². The molecule has 1 saturated carbocycles. The second-order valence-electron chi connectivity index (χ2n) is 9.20. The summed E-state index contributed by atoms with van der Waals surface area (Å²) in [6.07, 6.45) is -0.401. The number of benzene rings is 1. The van der Waals surface area contributed by atoms with Crippen molar-refractivity contribution in [3.63, 3.8) is 0 Å². The van der Waals surface area contributed by atoms with Crippen LogP contribution < -0.4 is 0 Å². The topological polar surface area (TPSA) is 70.6 Å². The predicted molar refractivity (Wildman–Crippen MR) is 115 cm³/mol. The first-order valence-corrected chi connectivity index (χ1v) is 12.2. The first kappa shape index (κ1) is 23.0. The minimum Gasteiger partial charge on any atom is -0.329 e. The molecule has 1 aliphatic carbocycles. The van der Waals surface area contributed by atoms with Crippen molar-refractivity contribution in [1.29, 1.82) is 0 Å². The zero-order valence-corrected chi connectivity index (χ0v) is 18.9. The Morgan fingerprint density at radius 1 is 1.09 bits per heavy atom. The molecule has 1 amide bonds. The molecule has 1 unspecified atom stereocenters. The van der Waals surface area contributed by atoms with Crippen LogP contribution in [0.4, 0.5) is 17.6 Å². The average Bonchev–Trinajstić information content (AvgIpc) is 2.82. The van der Waals surface area contributed by atoms with Crippen molar-refractivity contribution in [1.82, 2.24) is 14.2 Å². The van der Waals surface area contributed by atoms with E-state index in [0.29, 0.717) is 12.8 Å². The number of aromatic nitrogens is 1. The normalized spacial score (nSPS) is 22.8. The van der Waals surface area contributed by atoms with Gasteiger partial charge >= 0.3 is 6.18 Å². The number of alkyl halides is 3. The third-order valence-corrected chi connectivity index (χ3v) is 8.69. The van der Waals surface area contributed by atoms with E-state index in [4.69, 9.17) is 0 Å². The minimum atomic E-state index is -4.61. The molecule has 3 heterocycles. The number of carbonyl (C=O) groups excluding carboxylic acids is 1. The van der Waals surface area contributed by atoms with Crippen LogP contribution in [0.3, 0.4) is 0 Å². The van der Waals surface area contributed by atoms with Gasteiger partial charge in [0.1, 0.15) is 16.4 Å². The number of fused-ring (bicyclic) bond motifs is 1. The lowest BCUT2D eigenvalue weighted by molar-refractivity contribution is -0.141. The summed E-state index contributed by atoms with van der Waals surface area (Å²) in [4.78, 5) is 18.1. The van der Waals surface area contributed by atoms with Crippen LogP contribution in [-0.4, -0.2) is 53.7 Å². The fourth-order valence-electron chi connectivity index (χ4n) is 5.15. The molecule has 2 fully saturated rings. The SMILES string of the molecule is CC1C=Cc2nc(C(F)(F)F)ccc2C(=O)N1C1CC2(C1)CN(S(=O)(=O)c1ccccc1F)C2. The molecule has 11 heteroatoms. The summed E-state index contributed by atoms with van der Waals surface area (Å²) in [5, 5.41) is 0. The van der Waals surface area contributed by atoms with E-state index in [1.165, 1.54) is 28.6 Å². The Morgan fingerprint density at radius 2 is 1.76 bits per heavy atom. The highest BCUT2D eigenvalue weighted by molar-refractivity contribution is 7.89. The van der Waals surface area contributed by atoms with Gasteiger partial charge in [-0.2, -0.15) is 17.5 Å². The monoisotopic (exact) mass is 495 g/mol. The summed E-state index contributed by atoms with van der Waals surface area (Å²) < 4.78 is 79.9. The van der Waals surface area contributed by atoms with E-state index in [9.17, 15) is 30.8 Å². The number of carbonyl (C=O) groups is 1. The first-order valence-electron chi connectivity index (χ1n) is 10.8. The summed E-state index contributed by atoms with van der Waals surface area (Å²) in [7, 11) is -3.94. The number of rotatable bonds is 3. The van der Waals surface area contributed by atoms with Crippen LogP contribution in [0.25, 0.3) is 6.08 Å². The van der Waals surface area contributed by atoms with E-state index in [1.807, 2.05) is 0 Å². The summed E-state index contributed by atoms with van der Waals surface area (Å²) >= 11 is 0. The summed E-state index contributed by atoms with van der Waals surface area (Å²) in [6.45, 7) is 2.25. The number of sulfonamides is 1. The lowest BCUT2D eigenvalue weighted by Gasteiger charge is -2.60. The molecular formula is C23H21F4N3O3S. The molecule has 6 nitrogen and oxygen atoms in total. The Hall–Kier alpha value is -2.79. The van der Waals surface area contributed by atoms with Crippen LogP contribution >= 0.6 is 0 Å². The van der Waals surface area contributed by atoms with E-state index in [1.54, 1.807) is 17.9 Å². The standard InChI is InChI=1S/C23H21F4N3O3S/c1-14-6-8-18-16(7-9-20(28-18)23(25,26)27)21(31)30(14)15-10-22(11-15)12-29(13-22)34(32,33)19-5-3-2-4-17(19)24/h2-9,14-15H,10-13H2,1H3. The van der Waals surface area contributed by atoms with Crippen molar-refractivity contribution in [3.8, 4) is 0 Å². The molecule has 1 aromatic carbocycles. The van der Waals surface area contributed by atoms with Gasteiger partial charge in [0.15, 0.2) is 0 Å². The van der Waals surface area contributed by atoms with Gasteiger partial charge in [-0.1, -0.05) is 18.2 Å². The summed E-state index contributed by atoms with van der Waals surface area (Å²) in [5.41, 5.74) is -1.26. The van der Waals surface area contributed by atoms with E-state index < -0.39 is 33.6 Å². The summed E-state index contributed by atoms with van der Waals surface area (Å²) in [5.74, 6) is -1.20. The quantitative estimate of drug-likeness (QED) is 0.605. The van der Waals surface area contributed by atoms with Gasteiger partial charge in [-0.25, -0.2) is 17.8 Å². The molecule has 1 aromatic heterocycles. The molecule has 3 aliphatic rings. The van der Waals surface area contributed by atoms with Gasteiger partial charge in [0.05, 0.1) is 11.3 Å². The van der Waals surface area contributed by atoms with Crippen molar-refractivity contribution < 1.29 is 30.8 Å². The lowest BCUT2D eigenvalue weighted by Crippen LogP contribution is -2.68. The van der Waals surface area contributed by atoms with E-state index in [-0.39, 0.29) is 46.7 Å². The van der Waals surface area contributed by atoms with Gasteiger partial charge in [0.25, 0.3) is 5.91 Å². The average molecular weight is 495 g/mol. The number of halogens is 4. The first-order chi connectivity index (χ1) is 15.9. The molecule has 1 saturated heterocycles. The van der Waals surface area contributed by atoms with Crippen LogP contribution in [0, 0.1) is 11.2 Å². The number of hydrogen-bond acceptors (Lipinski definition) is 4. The maximum Gasteiger partial charge on any atom is 0.433 e. The maximum absolute atomic E-state index is 14.0. The largest absolute Gasteiger partial charge is 0.433 e. The van der Waals surface area contributed by atoms with Gasteiger partial charge in [-0.3, -0.25) is 4.79 Å². The van der Waals surface area contributed by atoms with Crippen molar-refractivity contribution in [2.24, 2.45) is 5.41 Å². The molecular weight excluding hydrogens is 474 g/mol. The molecule has 1 spiro atoms. The fraction of sp³-hybridized carbons (Fsp3) is 0.391. The second-order valence-corrected chi connectivity index (χ2v) is 11.1. The third kappa shape index (κ3) is 3.61. The van der Waals surface area contributed by atoms with Crippen molar-refractivity contribution in [2.45, 2.75) is 42.9 Å². The highest BCUT2D eigenvalue weighted by Gasteiger charge is 2.58. The number of amides is 1. The van der Waals surface area contributed by atoms with Crippen LogP contribution in [0.5, 0.6) is 0 Å². The van der Waals surface area contributed by atoms with E-state index in [2.05, 4.69) is 4.98 Å². The van der Waals surface area contributed by atoms with Crippen molar-refractivity contribution >= 4 is 22.0 Å². The zero-order valence-electron chi connectivity index (χ0n) is 18.1. The van der Waals surface area contributed by atoms with Gasteiger partial charge in [-0.05, 0) is 50.1 Å². The Labute approximate surface area is 193 Å². The third-order valence-electron chi connectivity index (χ3n) is 6.86. The van der Waals surface area contributed by atoms with Crippen LogP contribution in [-0.2, 0) is 16.2 Å². The smallest absolute Gasteiger partial charge is 0.329 e. The number of hydrogen-bond donors (Lipinski definition) is 0. The Morgan fingerprint density at radius 3 is 2.41 bits per heavy atom. The molecule has 0 radical (unpaired) electrons. The van der Waals surface area contributed by atoms with Crippen LogP contribution in [0.2, 0.25) is 0 Å². The number of pyridine rings is 1. The molecule has 0 bridgehead atoms. The van der Waals surface area contributed by atoms with Crippen LogP contribution in [0.15, 0.2) is 47.4 Å². The summed E-state index contributed by atoms with van der Waals surface area (Å²) in [6, 6.07) is 6.64. The molecule has 5 rings (SSSR count). The number of nitrogens with zero attached hydrogens (tertiary/aromatic N) is 3. The van der Waals surface area contributed by atoms with Gasteiger partial charge < -0.3 is 4.90 Å². The highest BCUT2D eigenvalue weighted by Crippen LogP contribution is 2.52. The van der Waals surface area contributed by atoms with Gasteiger partial charge in [0, 0.05) is 30.6 Å². The molecule has 1 atom stereocenters.